The van der Waals surface area contributed by atoms with E-state index in [0.29, 0.717) is 17.8 Å². The molecule has 0 spiro atoms. The van der Waals surface area contributed by atoms with E-state index in [2.05, 4.69) is 19.1 Å². The molecule has 0 amide bonds. The predicted octanol–water partition coefficient (Wildman–Crippen LogP) is 5.44. The Morgan fingerprint density at radius 3 is 2.37 bits per heavy atom. The maximum Gasteiger partial charge on any atom is 0.219 e. The Bertz CT molecular complexity index is 1320. The van der Waals surface area contributed by atoms with Crippen LogP contribution >= 0.6 is 11.3 Å². The lowest BCUT2D eigenvalue weighted by atomic mass is 10.1. The summed E-state index contributed by atoms with van der Waals surface area (Å²) in [5, 5.41) is 24.5. The minimum absolute atomic E-state index is 0.102. The summed E-state index contributed by atoms with van der Waals surface area (Å²) in [7, 11) is 0. The Balaban J connectivity index is 1.68. The Hall–Kier alpha value is -3.64. The standard InChI is InChI=1S/C24H19N3O2S/c1-15-2-6-17(7-3-15)21-13-27-23(22(25-21)18-10-11-30-14-18)26-20(24(27)29)12-16-4-8-19(28)9-5-16/h2-11,13-14,28-29H,12H2,1H3. The van der Waals surface area contributed by atoms with E-state index >= 15 is 0 Å². The highest BCUT2D eigenvalue weighted by Crippen LogP contribution is 2.32. The van der Waals surface area contributed by atoms with Crippen molar-refractivity contribution in [1.82, 2.24) is 14.4 Å². The molecule has 0 aliphatic carbocycles. The zero-order valence-electron chi connectivity index (χ0n) is 16.3. The molecule has 0 aliphatic rings. The number of phenolic OH excluding ortho intramolecular Hbond substituents is 1. The number of aryl methyl sites for hydroxylation is 1. The largest absolute Gasteiger partial charge is 0.508 e. The second-order valence-electron chi connectivity index (χ2n) is 7.27. The van der Waals surface area contributed by atoms with E-state index in [1.165, 1.54) is 5.56 Å². The fourth-order valence-electron chi connectivity index (χ4n) is 3.46. The molecule has 30 heavy (non-hydrogen) atoms. The normalized spacial score (nSPS) is 11.2. The van der Waals surface area contributed by atoms with Crippen molar-refractivity contribution in [1.29, 1.82) is 0 Å². The van der Waals surface area contributed by atoms with Gasteiger partial charge in [-0.3, -0.25) is 4.40 Å². The molecule has 0 aliphatic heterocycles. The summed E-state index contributed by atoms with van der Waals surface area (Å²) in [6.07, 6.45) is 2.29. The lowest BCUT2D eigenvalue weighted by molar-refractivity contribution is 0.442. The van der Waals surface area contributed by atoms with Crippen LogP contribution in [-0.4, -0.2) is 24.6 Å². The Kier molecular flexibility index (Phi) is 4.48. The molecule has 2 N–H and O–H groups in total. The van der Waals surface area contributed by atoms with Gasteiger partial charge in [-0.25, -0.2) is 9.97 Å². The van der Waals surface area contributed by atoms with Crippen molar-refractivity contribution in [2.45, 2.75) is 13.3 Å². The molecule has 0 saturated carbocycles. The van der Waals surface area contributed by atoms with Gasteiger partial charge in [-0.15, -0.1) is 0 Å². The van der Waals surface area contributed by atoms with Gasteiger partial charge in [-0.1, -0.05) is 42.0 Å². The summed E-state index contributed by atoms with van der Waals surface area (Å²) in [5.41, 5.74) is 6.78. The van der Waals surface area contributed by atoms with Crippen LogP contribution in [0.5, 0.6) is 11.6 Å². The molecule has 0 unspecified atom stereocenters. The molecule has 5 aromatic rings. The third-order valence-electron chi connectivity index (χ3n) is 5.10. The number of hydrogen-bond acceptors (Lipinski definition) is 5. The summed E-state index contributed by atoms with van der Waals surface area (Å²) >= 11 is 1.60. The van der Waals surface area contributed by atoms with E-state index in [9.17, 15) is 10.2 Å². The number of hydrogen-bond donors (Lipinski definition) is 2. The highest BCUT2D eigenvalue weighted by molar-refractivity contribution is 7.08. The van der Waals surface area contributed by atoms with Crippen LogP contribution in [0, 0.1) is 6.92 Å². The van der Waals surface area contributed by atoms with Gasteiger partial charge in [0.05, 0.1) is 5.69 Å². The number of nitrogens with zero attached hydrogens (tertiary/aromatic N) is 3. The molecule has 0 atom stereocenters. The smallest absolute Gasteiger partial charge is 0.219 e. The molecule has 0 bridgehead atoms. The predicted molar refractivity (Wildman–Crippen MR) is 119 cm³/mol. The SMILES string of the molecule is Cc1ccc(-c2cn3c(O)c(Cc4ccc(O)cc4)nc3c(-c3ccsc3)n2)cc1. The minimum atomic E-state index is 0.102. The summed E-state index contributed by atoms with van der Waals surface area (Å²) in [4.78, 5) is 9.62. The third kappa shape index (κ3) is 3.31. The summed E-state index contributed by atoms with van der Waals surface area (Å²) in [5.74, 6) is 0.315. The Morgan fingerprint density at radius 2 is 1.67 bits per heavy atom. The number of imidazole rings is 1. The quantitative estimate of drug-likeness (QED) is 0.412. The molecule has 5 rings (SSSR count). The van der Waals surface area contributed by atoms with E-state index in [0.717, 1.165) is 28.1 Å². The van der Waals surface area contributed by atoms with Gasteiger partial charge in [0.15, 0.2) is 5.65 Å². The van der Waals surface area contributed by atoms with Crippen LogP contribution in [0.3, 0.4) is 0 Å². The number of thiophene rings is 1. The fourth-order valence-corrected chi connectivity index (χ4v) is 4.10. The fraction of sp³-hybridized carbons (Fsp3) is 0.0833. The first-order chi connectivity index (χ1) is 14.6. The van der Waals surface area contributed by atoms with Gasteiger partial charge >= 0.3 is 0 Å². The van der Waals surface area contributed by atoms with Crippen LogP contribution in [0.15, 0.2) is 71.6 Å². The van der Waals surface area contributed by atoms with Crippen LogP contribution in [0.2, 0.25) is 0 Å². The number of aromatic nitrogens is 3. The molecule has 6 heteroatoms. The van der Waals surface area contributed by atoms with Gasteiger partial charge in [0, 0.05) is 29.1 Å². The zero-order valence-corrected chi connectivity index (χ0v) is 17.1. The highest BCUT2D eigenvalue weighted by Gasteiger charge is 2.19. The third-order valence-corrected chi connectivity index (χ3v) is 5.78. The van der Waals surface area contributed by atoms with Gasteiger partial charge in [0.2, 0.25) is 5.88 Å². The molecule has 0 saturated heterocycles. The molecular weight excluding hydrogens is 394 g/mol. The summed E-state index contributed by atoms with van der Waals surface area (Å²) in [6.45, 7) is 2.05. The average molecular weight is 414 g/mol. The number of rotatable bonds is 4. The van der Waals surface area contributed by atoms with Gasteiger partial charge in [-0.05, 0) is 36.1 Å². The molecule has 2 aromatic carbocycles. The number of benzene rings is 2. The second-order valence-corrected chi connectivity index (χ2v) is 8.05. The van der Waals surface area contributed by atoms with Crippen LogP contribution in [0.4, 0.5) is 0 Å². The molecule has 3 heterocycles. The number of phenols is 1. The van der Waals surface area contributed by atoms with Crippen molar-refractivity contribution < 1.29 is 10.2 Å². The molecule has 3 aromatic heterocycles. The molecule has 0 radical (unpaired) electrons. The number of aromatic hydroxyl groups is 2. The Labute approximate surface area is 177 Å². The molecule has 0 fully saturated rings. The van der Waals surface area contributed by atoms with Crippen molar-refractivity contribution in [2.75, 3.05) is 0 Å². The van der Waals surface area contributed by atoms with Gasteiger partial charge in [0.25, 0.3) is 0 Å². The zero-order chi connectivity index (χ0) is 20.7. The van der Waals surface area contributed by atoms with E-state index in [-0.39, 0.29) is 11.6 Å². The number of fused-ring (bicyclic) bond motifs is 1. The first kappa shape index (κ1) is 18.4. The summed E-state index contributed by atoms with van der Waals surface area (Å²) < 4.78 is 1.71. The van der Waals surface area contributed by atoms with Crippen molar-refractivity contribution in [2.24, 2.45) is 0 Å². The van der Waals surface area contributed by atoms with Gasteiger partial charge in [0.1, 0.15) is 17.1 Å². The van der Waals surface area contributed by atoms with Crippen LogP contribution in [0.25, 0.3) is 28.2 Å². The first-order valence-electron chi connectivity index (χ1n) is 9.57. The van der Waals surface area contributed by atoms with E-state index in [4.69, 9.17) is 9.97 Å². The van der Waals surface area contributed by atoms with Crippen molar-refractivity contribution >= 4 is 17.0 Å². The van der Waals surface area contributed by atoms with Gasteiger partial charge in [-0.2, -0.15) is 11.3 Å². The summed E-state index contributed by atoms with van der Waals surface area (Å²) in [6, 6.07) is 17.1. The lowest BCUT2D eigenvalue weighted by Gasteiger charge is -2.07. The lowest BCUT2D eigenvalue weighted by Crippen LogP contribution is -1.95. The van der Waals surface area contributed by atoms with E-state index < -0.39 is 0 Å². The highest BCUT2D eigenvalue weighted by atomic mass is 32.1. The molecular formula is C24H19N3O2S. The first-order valence-corrected chi connectivity index (χ1v) is 10.5. The monoisotopic (exact) mass is 413 g/mol. The molecule has 5 nitrogen and oxygen atoms in total. The average Bonchev–Trinajstić information content (AvgIpc) is 3.39. The van der Waals surface area contributed by atoms with E-state index in [1.807, 2.05) is 47.3 Å². The maximum absolute atomic E-state index is 11.0. The topological polar surface area (TPSA) is 70.7 Å². The van der Waals surface area contributed by atoms with Crippen LogP contribution < -0.4 is 0 Å². The van der Waals surface area contributed by atoms with E-state index in [1.54, 1.807) is 27.9 Å². The maximum atomic E-state index is 11.0. The second kappa shape index (κ2) is 7.31. The van der Waals surface area contributed by atoms with Crippen molar-refractivity contribution in [3.63, 3.8) is 0 Å². The molecule has 148 valence electrons. The minimum Gasteiger partial charge on any atom is -0.508 e. The van der Waals surface area contributed by atoms with Gasteiger partial charge < -0.3 is 10.2 Å². The Morgan fingerprint density at radius 1 is 0.900 bits per heavy atom. The van der Waals surface area contributed by atoms with Crippen LogP contribution in [-0.2, 0) is 6.42 Å². The van der Waals surface area contributed by atoms with Crippen molar-refractivity contribution in [3.8, 4) is 34.1 Å². The van der Waals surface area contributed by atoms with Crippen LogP contribution in [0.1, 0.15) is 16.8 Å². The van der Waals surface area contributed by atoms with Crippen molar-refractivity contribution in [3.05, 3.63) is 88.4 Å².